The maximum Gasteiger partial charge on any atom is 0.0596 e. The third-order valence-electron chi connectivity index (χ3n) is 3.16. The Kier molecular flexibility index (Phi) is 4.06. The van der Waals surface area contributed by atoms with Crippen molar-refractivity contribution in [1.82, 2.24) is 0 Å². The third-order valence-corrected chi connectivity index (χ3v) is 5.08. The summed E-state index contributed by atoms with van der Waals surface area (Å²) < 4.78 is 1.12. The van der Waals surface area contributed by atoms with Crippen LogP contribution in [0.1, 0.15) is 18.9 Å². The zero-order chi connectivity index (χ0) is 12.5. The molecule has 0 saturated carbocycles. The van der Waals surface area contributed by atoms with Crippen LogP contribution in [0.5, 0.6) is 0 Å². The molecule has 3 N–H and O–H groups in total. The van der Waals surface area contributed by atoms with E-state index in [1.165, 1.54) is 5.56 Å². The van der Waals surface area contributed by atoms with E-state index in [2.05, 4.69) is 53.3 Å². The van der Waals surface area contributed by atoms with E-state index in [-0.39, 0.29) is 5.54 Å². The molecule has 0 radical (unpaired) electrons. The van der Waals surface area contributed by atoms with Crippen molar-refractivity contribution in [3.63, 3.8) is 0 Å². The Morgan fingerprint density at radius 1 is 1.53 bits per heavy atom. The first-order chi connectivity index (χ1) is 8.03. The Hall–Kier alpha value is -0.190. The largest absolute Gasteiger partial charge is 0.377 e. The lowest BCUT2D eigenvalue weighted by molar-refractivity contribution is 0.513. The van der Waals surface area contributed by atoms with Crippen molar-refractivity contribution in [3.8, 4) is 0 Å². The van der Waals surface area contributed by atoms with E-state index >= 15 is 0 Å². The van der Waals surface area contributed by atoms with Gasteiger partial charge in [-0.25, -0.2) is 0 Å². The van der Waals surface area contributed by atoms with Crippen LogP contribution < -0.4 is 11.1 Å². The number of nitrogens with two attached hydrogens (primary N) is 1. The van der Waals surface area contributed by atoms with E-state index in [9.17, 15) is 0 Å². The Morgan fingerprint density at radius 3 is 2.82 bits per heavy atom. The van der Waals surface area contributed by atoms with Crippen LogP contribution in [0.15, 0.2) is 22.7 Å². The molecule has 4 heteroatoms. The number of halogens is 1. The predicted octanol–water partition coefficient (Wildman–Crippen LogP) is 3.39. The molecule has 1 aromatic rings. The van der Waals surface area contributed by atoms with Crippen LogP contribution in [0.3, 0.4) is 0 Å². The lowest BCUT2D eigenvalue weighted by Crippen LogP contribution is -2.46. The van der Waals surface area contributed by atoms with E-state index in [0.717, 1.165) is 22.3 Å². The fraction of sp³-hybridized carbons (Fsp3) is 0.538. The van der Waals surface area contributed by atoms with Gasteiger partial charge in [0.15, 0.2) is 0 Å². The van der Waals surface area contributed by atoms with E-state index in [1.54, 1.807) is 0 Å². The van der Waals surface area contributed by atoms with Crippen LogP contribution in [0.4, 0.5) is 5.69 Å². The molecule has 17 heavy (non-hydrogen) atoms. The average Bonchev–Trinajstić information content (AvgIpc) is 2.59. The second-order valence-corrected chi connectivity index (χ2v) is 7.29. The summed E-state index contributed by atoms with van der Waals surface area (Å²) in [5, 5.41) is 4.33. The van der Waals surface area contributed by atoms with Crippen LogP contribution in [0, 0.1) is 6.92 Å². The molecule has 1 aromatic carbocycles. The maximum absolute atomic E-state index is 5.97. The molecular formula is C13H19BrN2S. The zero-order valence-corrected chi connectivity index (χ0v) is 12.7. The summed E-state index contributed by atoms with van der Waals surface area (Å²) in [6.45, 7) is 5.07. The van der Waals surface area contributed by atoms with Gasteiger partial charge in [-0.3, -0.25) is 0 Å². The number of anilines is 1. The van der Waals surface area contributed by atoms with Crippen molar-refractivity contribution in [2.24, 2.45) is 5.73 Å². The summed E-state index contributed by atoms with van der Waals surface area (Å²) in [7, 11) is 0. The van der Waals surface area contributed by atoms with Gasteiger partial charge in [-0.15, -0.1) is 0 Å². The minimum Gasteiger partial charge on any atom is -0.377 e. The molecule has 1 fully saturated rings. The Labute approximate surface area is 116 Å². The highest BCUT2D eigenvalue weighted by Crippen LogP contribution is 2.36. The molecule has 2 rings (SSSR count). The van der Waals surface area contributed by atoms with Gasteiger partial charge in [0.2, 0.25) is 0 Å². The van der Waals surface area contributed by atoms with Crippen molar-refractivity contribution >= 4 is 33.4 Å². The molecule has 2 unspecified atom stereocenters. The number of aryl methyl sites for hydroxylation is 1. The van der Waals surface area contributed by atoms with Crippen LogP contribution in [-0.4, -0.2) is 23.1 Å². The molecule has 0 amide bonds. The highest BCUT2D eigenvalue weighted by atomic mass is 79.9. The van der Waals surface area contributed by atoms with Crippen LogP contribution in [-0.2, 0) is 0 Å². The van der Waals surface area contributed by atoms with Gasteiger partial charge in [0, 0.05) is 27.7 Å². The van der Waals surface area contributed by atoms with Gasteiger partial charge in [0.1, 0.15) is 0 Å². The monoisotopic (exact) mass is 314 g/mol. The molecule has 1 heterocycles. The SMILES string of the molecule is Cc1cc(Br)cc(NC2(CN)CSC(C)C2)c1. The number of nitrogens with one attached hydrogen (secondary N) is 1. The van der Waals surface area contributed by atoms with Crippen molar-refractivity contribution in [3.05, 3.63) is 28.2 Å². The molecule has 0 spiro atoms. The molecule has 2 nitrogen and oxygen atoms in total. The molecule has 0 aromatic heterocycles. The number of hydrogen-bond donors (Lipinski definition) is 2. The van der Waals surface area contributed by atoms with Crippen molar-refractivity contribution in [2.45, 2.75) is 31.1 Å². The normalized spacial score (nSPS) is 28.4. The molecular weight excluding hydrogens is 296 g/mol. The first-order valence-corrected chi connectivity index (χ1v) is 7.74. The second kappa shape index (κ2) is 5.21. The highest BCUT2D eigenvalue weighted by molar-refractivity contribution is 9.10. The maximum atomic E-state index is 5.97. The van der Waals surface area contributed by atoms with Crippen molar-refractivity contribution in [2.75, 3.05) is 17.6 Å². The van der Waals surface area contributed by atoms with Gasteiger partial charge < -0.3 is 11.1 Å². The second-order valence-electron chi connectivity index (χ2n) is 4.95. The Bertz CT molecular complexity index is 390. The summed E-state index contributed by atoms with van der Waals surface area (Å²) in [6.07, 6.45) is 1.14. The van der Waals surface area contributed by atoms with Crippen molar-refractivity contribution < 1.29 is 0 Å². The number of thioether (sulfide) groups is 1. The van der Waals surface area contributed by atoms with Gasteiger partial charge in [0.25, 0.3) is 0 Å². The third kappa shape index (κ3) is 3.18. The lowest BCUT2D eigenvalue weighted by atomic mass is 9.96. The van der Waals surface area contributed by atoms with Gasteiger partial charge in [-0.1, -0.05) is 22.9 Å². The average molecular weight is 315 g/mol. The first kappa shape index (κ1) is 13.2. The van der Waals surface area contributed by atoms with E-state index in [0.29, 0.717) is 11.8 Å². The molecule has 2 atom stereocenters. The quantitative estimate of drug-likeness (QED) is 0.898. The number of benzene rings is 1. The lowest BCUT2D eigenvalue weighted by Gasteiger charge is -2.30. The predicted molar refractivity (Wildman–Crippen MR) is 80.8 cm³/mol. The summed E-state index contributed by atoms with van der Waals surface area (Å²) >= 11 is 5.54. The number of rotatable bonds is 3. The highest BCUT2D eigenvalue weighted by Gasteiger charge is 2.36. The summed E-state index contributed by atoms with van der Waals surface area (Å²) in [6, 6.07) is 6.42. The van der Waals surface area contributed by atoms with E-state index < -0.39 is 0 Å². The molecule has 0 aliphatic carbocycles. The Morgan fingerprint density at radius 2 is 2.29 bits per heavy atom. The van der Waals surface area contributed by atoms with Crippen LogP contribution in [0.25, 0.3) is 0 Å². The van der Waals surface area contributed by atoms with Gasteiger partial charge in [0.05, 0.1) is 5.54 Å². The van der Waals surface area contributed by atoms with Gasteiger partial charge >= 0.3 is 0 Å². The van der Waals surface area contributed by atoms with Gasteiger partial charge in [-0.05, 0) is 37.1 Å². The van der Waals surface area contributed by atoms with Crippen LogP contribution in [0.2, 0.25) is 0 Å². The van der Waals surface area contributed by atoms with Crippen molar-refractivity contribution in [1.29, 1.82) is 0 Å². The number of hydrogen-bond acceptors (Lipinski definition) is 3. The Balaban J connectivity index is 2.18. The first-order valence-electron chi connectivity index (χ1n) is 5.90. The van der Waals surface area contributed by atoms with Gasteiger partial charge in [-0.2, -0.15) is 11.8 Å². The fourth-order valence-electron chi connectivity index (χ4n) is 2.36. The fourth-order valence-corrected chi connectivity index (χ4v) is 4.32. The minimum atomic E-state index is 0.0668. The smallest absolute Gasteiger partial charge is 0.0596 e. The van der Waals surface area contributed by atoms with E-state index in [1.807, 2.05) is 11.8 Å². The van der Waals surface area contributed by atoms with Crippen LogP contribution >= 0.6 is 27.7 Å². The standard InChI is InChI=1S/C13H19BrN2S/c1-9-3-11(14)5-12(4-9)16-13(7-15)6-10(2)17-8-13/h3-5,10,16H,6-8,15H2,1-2H3. The molecule has 1 saturated heterocycles. The molecule has 1 aliphatic rings. The summed E-state index contributed by atoms with van der Waals surface area (Å²) in [5.74, 6) is 1.09. The van der Waals surface area contributed by atoms with E-state index in [4.69, 9.17) is 5.73 Å². The summed E-state index contributed by atoms with van der Waals surface area (Å²) in [4.78, 5) is 0. The zero-order valence-electron chi connectivity index (χ0n) is 10.3. The molecule has 94 valence electrons. The topological polar surface area (TPSA) is 38.0 Å². The molecule has 0 bridgehead atoms. The minimum absolute atomic E-state index is 0.0668. The molecule has 1 aliphatic heterocycles. The summed E-state index contributed by atoms with van der Waals surface area (Å²) in [5.41, 5.74) is 8.46.